The van der Waals surface area contributed by atoms with Crippen molar-refractivity contribution in [3.8, 4) is 5.75 Å². The third-order valence-electron chi connectivity index (χ3n) is 5.36. The Morgan fingerprint density at radius 3 is 1.44 bits per heavy atom. The number of carbonyl (C=O) groups is 1. The molecule has 0 spiro atoms. The SMILES string of the molecule is O=C(NCCNC(c1ccccc1)(c1ccccc1)c1ccccc1)Oc1ccccc1. The summed E-state index contributed by atoms with van der Waals surface area (Å²) in [5, 5.41) is 6.57. The highest BCUT2D eigenvalue weighted by Gasteiger charge is 2.35. The van der Waals surface area contributed by atoms with E-state index in [1.54, 1.807) is 12.1 Å². The highest BCUT2D eigenvalue weighted by Crippen LogP contribution is 2.36. The highest BCUT2D eigenvalue weighted by atomic mass is 16.6. The van der Waals surface area contributed by atoms with Crippen LogP contribution in [0.5, 0.6) is 5.75 Å². The smallest absolute Gasteiger partial charge is 0.410 e. The third kappa shape index (κ3) is 4.88. The van der Waals surface area contributed by atoms with Crippen molar-refractivity contribution >= 4 is 6.09 Å². The summed E-state index contributed by atoms with van der Waals surface area (Å²) in [4.78, 5) is 12.2. The van der Waals surface area contributed by atoms with Crippen LogP contribution in [0.4, 0.5) is 4.79 Å². The molecule has 1 amide bonds. The second kappa shape index (κ2) is 10.4. The van der Waals surface area contributed by atoms with E-state index < -0.39 is 11.6 Å². The van der Waals surface area contributed by atoms with Gasteiger partial charge in [-0.25, -0.2) is 4.79 Å². The van der Waals surface area contributed by atoms with Crippen molar-refractivity contribution in [1.82, 2.24) is 10.6 Å². The molecule has 2 N–H and O–H groups in total. The molecule has 4 aromatic carbocycles. The Kier molecular flexibility index (Phi) is 6.95. The molecule has 32 heavy (non-hydrogen) atoms. The van der Waals surface area contributed by atoms with E-state index in [1.165, 1.54) is 0 Å². The average Bonchev–Trinajstić information content (AvgIpc) is 2.86. The van der Waals surface area contributed by atoms with Crippen LogP contribution in [-0.4, -0.2) is 19.2 Å². The lowest BCUT2D eigenvalue weighted by Crippen LogP contribution is -2.47. The van der Waals surface area contributed by atoms with Crippen molar-refractivity contribution in [3.63, 3.8) is 0 Å². The molecule has 0 aliphatic heterocycles. The zero-order valence-electron chi connectivity index (χ0n) is 17.8. The van der Waals surface area contributed by atoms with Gasteiger partial charge in [-0.15, -0.1) is 0 Å². The molecule has 0 aliphatic rings. The standard InChI is InChI=1S/C28H26N2O2/c31-27(32-26-19-11-4-12-20-26)29-21-22-30-28(23-13-5-1-6-14-23,24-15-7-2-8-16-24)25-17-9-3-10-18-25/h1-20,30H,21-22H2,(H,29,31). The first-order valence-corrected chi connectivity index (χ1v) is 10.7. The van der Waals surface area contributed by atoms with Gasteiger partial charge in [0.25, 0.3) is 0 Å². The molecule has 0 unspecified atom stereocenters. The first kappa shape index (κ1) is 21.3. The minimum atomic E-state index is -0.561. The summed E-state index contributed by atoms with van der Waals surface area (Å²) in [5.41, 5.74) is 2.83. The van der Waals surface area contributed by atoms with Crippen molar-refractivity contribution in [2.75, 3.05) is 13.1 Å². The van der Waals surface area contributed by atoms with Gasteiger partial charge in [0.05, 0.1) is 5.54 Å². The fourth-order valence-electron chi connectivity index (χ4n) is 3.92. The topological polar surface area (TPSA) is 50.4 Å². The van der Waals surface area contributed by atoms with E-state index >= 15 is 0 Å². The van der Waals surface area contributed by atoms with E-state index in [0.717, 1.165) is 16.7 Å². The lowest BCUT2D eigenvalue weighted by Gasteiger charge is -2.37. The van der Waals surface area contributed by atoms with Crippen LogP contribution in [0.25, 0.3) is 0 Å². The molecule has 0 fully saturated rings. The summed E-state index contributed by atoms with van der Waals surface area (Å²) in [6.45, 7) is 0.961. The second-order valence-corrected chi connectivity index (χ2v) is 7.40. The molecular weight excluding hydrogens is 396 g/mol. The summed E-state index contributed by atoms with van der Waals surface area (Å²) < 4.78 is 5.32. The van der Waals surface area contributed by atoms with Crippen molar-refractivity contribution in [3.05, 3.63) is 138 Å². The van der Waals surface area contributed by atoms with Crippen molar-refractivity contribution in [2.45, 2.75) is 5.54 Å². The molecule has 4 heteroatoms. The lowest BCUT2D eigenvalue weighted by molar-refractivity contribution is 0.200. The van der Waals surface area contributed by atoms with E-state index in [4.69, 9.17) is 4.74 Å². The van der Waals surface area contributed by atoms with E-state index in [0.29, 0.717) is 18.8 Å². The van der Waals surface area contributed by atoms with Crippen LogP contribution in [0.3, 0.4) is 0 Å². The Hall–Kier alpha value is -3.89. The fraction of sp³-hybridized carbons (Fsp3) is 0.107. The molecule has 4 rings (SSSR count). The van der Waals surface area contributed by atoms with Gasteiger partial charge < -0.3 is 10.1 Å². The van der Waals surface area contributed by atoms with Gasteiger partial charge in [0.15, 0.2) is 0 Å². The van der Waals surface area contributed by atoms with Crippen LogP contribution in [0.15, 0.2) is 121 Å². The Labute approximate surface area is 188 Å². The maximum Gasteiger partial charge on any atom is 0.412 e. The number of nitrogens with one attached hydrogen (secondary N) is 2. The van der Waals surface area contributed by atoms with Gasteiger partial charge in [-0.2, -0.15) is 0 Å². The minimum absolute atomic E-state index is 0.417. The number of para-hydroxylation sites is 1. The summed E-state index contributed by atoms with van der Waals surface area (Å²) in [6, 6.07) is 40.2. The van der Waals surface area contributed by atoms with Crippen LogP contribution < -0.4 is 15.4 Å². The fourth-order valence-corrected chi connectivity index (χ4v) is 3.92. The number of benzene rings is 4. The molecule has 0 atom stereocenters. The zero-order valence-corrected chi connectivity index (χ0v) is 17.8. The number of carbonyl (C=O) groups excluding carboxylic acids is 1. The number of hydrogen-bond acceptors (Lipinski definition) is 3. The van der Waals surface area contributed by atoms with Gasteiger partial charge in [-0.3, -0.25) is 5.32 Å². The summed E-state index contributed by atoms with van der Waals surface area (Å²) in [6.07, 6.45) is -0.470. The Morgan fingerprint density at radius 2 is 1.00 bits per heavy atom. The normalized spacial score (nSPS) is 11.0. The second-order valence-electron chi connectivity index (χ2n) is 7.40. The van der Waals surface area contributed by atoms with Crippen molar-refractivity contribution < 1.29 is 9.53 Å². The molecule has 0 heterocycles. The third-order valence-corrected chi connectivity index (χ3v) is 5.36. The Balaban J connectivity index is 1.57. The maximum absolute atomic E-state index is 12.2. The maximum atomic E-state index is 12.2. The van der Waals surface area contributed by atoms with E-state index in [1.807, 2.05) is 72.8 Å². The van der Waals surface area contributed by atoms with E-state index in [2.05, 4.69) is 47.0 Å². The number of hydrogen-bond donors (Lipinski definition) is 2. The van der Waals surface area contributed by atoms with Gasteiger partial charge in [-0.1, -0.05) is 109 Å². The lowest BCUT2D eigenvalue weighted by atomic mass is 9.77. The molecule has 0 aliphatic carbocycles. The Bertz CT molecular complexity index is 1000. The molecule has 0 saturated heterocycles. The monoisotopic (exact) mass is 422 g/mol. The van der Waals surface area contributed by atoms with E-state index in [9.17, 15) is 4.79 Å². The van der Waals surface area contributed by atoms with Gasteiger partial charge in [0.1, 0.15) is 5.75 Å². The van der Waals surface area contributed by atoms with E-state index in [-0.39, 0.29) is 0 Å². The molecule has 0 aromatic heterocycles. The first-order valence-electron chi connectivity index (χ1n) is 10.7. The average molecular weight is 423 g/mol. The van der Waals surface area contributed by atoms with Crippen LogP contribution in [-0.2, 0) is 5.54 Å². The van der Waals surface area contributed by atoms with Crippen molar-refractivity contribution in [2.24, 2.45) is 0 Å². The van der Waals surface area contributed by atoms with Gasteiger partial charge in [0.2, 0.25) is 0 Å². The molecule has 0 radical (unpaired) electrons. The van der Waals surface area contributed by atoms with Crippen LogP contribution in [0.1, 0.15) is 16.7 Å². The molecule has 4 nitrogen and oxygen atoms in total. The quantitative estimate of drug-likeness (QED) is 0.297. The van der Waals surface area contributed by atoms with Gasteiger partial charge >= 0.3 is 6.09 Å². The summed E-state index contributed by atoms with van der Waals surface area (Å²) >= 11 is 0. The zero-order chi connectivity index (χ0) is 22.1. The van der Waals surface area contributed by atoms with Crippen molar-refractivity contribution in [1.29, 1.82) is 0 Å². The number of amides is 1. The predicted molar refractivity (Wildman–Crippen MR) is 128 cm³/mol. The van der Waals surface area contributed by atoms with Crippen LogP contribution in [0, 0.1) is 0 Å². The summed E-state index contributed by atoms with van der Waals surface area (Å²) in [7, 11) is 0. The number of ether oxygens (including phenoxy) is 1. The molecule has 0 bridgehead atoms. The Morgan fingerprint density at radius 1 is 0.594 bits per heavy atom. The molecule has 0 saturated carbocycles. The molecule has 160 valence electrons. The number of rotatable bonds is 8. The highest BCUT2D eigenvalue weighted by molar-refractivity contribution is 5.70. The largest absolute Gasteiger partial charge is 0.412 e. The van der Waals surface area contributed by atoms with Gasteiger partial charge in [0, 0.05) is 13.1 Å². The predicted octanol–water partition coefficient (Wildman–Crippen LogP) is 5.36. The van der Waals surface area contributed by atoms with Crippen LogP contribution >= 0.6 is 0 Å². The molecular formula is C28H26N2O2. The summed E-state index contributed by atoms with van der Waals surface area (Å²) in [5.74, 6) is 0.519. The van der Waals surface area contributed by atoms with Crippen LogP contribution in [0.2, 0.25) is 0 Å². The first-order chi connectivity index (χ1) is 15.8. The van der Waals surface area contributed by atoms with Gasteiger partial charge in [-0.05, 0) is 28.8 Å². The molecule has 4 aromatic rings. The minimum Gasteiger partial charge on any atom is -0.410 e.